The normalized spacial score (nSPS) is 17.7. The van der Waals surface area contributed by atoms with Gasteiger partial charge in [0.2, 0.25) is 0 Å². The lowest BCUT2D eigenvalue weighted by molar-refractivity contribution is 0.0496. The van der Waals surface area contributed by atoms with E-state index in [0.29, 0.717) is 0 Å². The SMILES string of the molecule is Cc1cc(N)ccc1NN1CCOCC1. The van der Waals surface area contributed by atoms with Crippen molar-refractivity contribution in [2.45, 2.75) is 6.92 Å². The molecule has 0 unspecified atom stereocenters. The molecule has 0 spiro atoms. The summed E-state index contributed by atoms with van der Waals surface area (Å²) in [5.74, 6) is 0. The second-order valence-corrected chi connectivity index (χ2v) is 3.79. The Morgan fingerprint density at radius 1 is 1.33 bits per heavy atom. The fraction of sp³-hybridized carbons (Fsp3) is 0.455. The number of morpholine rings is 1. The van der Waals surface area contributed by atoms with Gasteiger partial charge in [0, 0.05) is 18.8 Å². The second-order valence-electron chi connectivity index (χ2n) is 3.79. The Balaban J connectivity index is 2.03. The summed E-state index contributed by atoms with van der Waals surface area (Å²) in [6.45, 7) is 5.48. The molecule has 1 aromatic carbocycles. The minimum atomic E-state index is 0.793. The summed E-state index contributed by atoms with van der Waals surface area (Å²) in [4.78, 5) is 0. The standard InChI is InChI=1S/C11H17N3O/c1-9-8-10(12)2-3-11(9)13-14-4-6-15-7-5-14/h2-3,8,13H,4-7,12H2,1H3. The number of aryl methyl sites for hydroxylation is 1. The van der Waals surface area contributed by atoms with E-state index >= 15 is 0 Å². The lowest BCUT2D eigenvalue weighted by Crippen LogP contribution is -2.40. The summed E-state index contributed by atoms with van der Waals surface area (Å²) in [6, 6.07) is 5.90. The molecule has 4 nitrogen and oxygen atoms in total. The fourth-order valence-corrected chi connectivity index (χ4v) is 1.66. The molecule has 1 fully saturated rings. The molecule has 0 atom stereocenters. The first-order valence-electron chi connectivity index (χ1n) is 5.21. The van der Waals surface area contributed by atoms with Crippen molar-refractivity contribution < 1.29 is 4.74 Å². The van der Waals surface area contributed by atoms with Gasteiger partial charge in [-0.05, 0) is 30.7 Å². The molecule has 0 radical (unpaired) electrons. The number of hydrazine groups is 1. The van der Waals surface area contributed by atoms with E-state index in [2.05, 4.69) is 17.4 Å². The van der Waals surface area contributed by atoms with Crippen LogP contribution >= 0.6 is 0 Å². The minimum Gasteiger partial charge on any atom is -0.399 e. The average Bonchev–Trinajstić information content (AvgIpc) is 2.24. The molecule has 3 N–H and O–H groups in total. The van der Waals surface area contributed by atoms with Crippen molar-refractivity contribution in [2.75, 3.05) is 37.5 Å². The molecule has 2 rings (SSSR count). The molecule has 0 bridgehead atoms. The zero-order valence-corrected chi connectivity index (χ0v) is 8.99. The van der Waals surface area contributed by atoms with E-state index in [9.17, 15) is 0 Å². The van der Waals surface area contributed by atoms with Gasteiger partial charge in [0.15, 0.2) is 0 Å². The van der Waals surface area contributed by atoms with Crippen LogP contribution in [0.5, 0.6) is 0 Å². The molecular formula is C11H17N3O. The lowest BCUT2D eigenvalue weighted by atomic mass is 10.2. The highest BCUT2D eigenvalue weighted by atomic mass is 16.5. The molecule has 0 aliphatic carbocycles. The molecule has 0 aromatic heterocycles. The van der Waals surface area contributed by atoms with Crippen LogP contribution in [0.3, 0.4) is 0 Å². The van der Waals surface area contributed by atoms with Crippen molar-refractivity contribution in [3.63, 3.8) is 0 Å². The van der Waals surface area contributed by atoms with Gasteiger partial charge < -0.3 is 15.9 Å². The summed E-state index contributed by atoms with van der Waals surface area (Å²) in [5, 5.41) is 2.17. The predicted octanol–water partition coefficient (Wildman–Crippen LogP) is 1.24. The van der Waals surface area contributed by atoms with Gasteiger partial charge in [-0.15, -0.1) is 0 Å². The number of nitrogen functional groups attached to an aromatic ring is 1. The van der Waals surface area contributed by atoms with Gasteiger partial charge in [0.25, 0.3) is 0 Å². The van der Waals surface area contributed by atoms with Crippen molar-refractivity contribution in [3.05, 3.63) is 23.8 Å². The first-order valence-corrected chi connectivity index (χ1v) is 5.21. The first-order chi connectivity index (χ1) is 7.25. The monoisotopic (exact) mass is 207 g/mol. The molecule has 82 valence electrons. The van der Waals surface area contributed by atoms with Crippen LogP contribution in [0, 0.1) is 6.92 Å². The maximum Gasteiger partial charge on any atom is 0.0612 e. The Bertz CT molecular complexity index is 335. The van der Waals surface area contributed by atoms with Gasteiger partial charge in [-0.2, -0.15) is 0 Å². The van der Waals surface area contributed by atoms with E-state index < -0.39 is 0 Å². The van der Waals surface area contributed by atoms with Crippen molar-refractivity contribution in [1.82, 2.24) is 5.01 Å². The highest BCUT2D eigenvalue weighted by Crippen LogP contribution is 2.18. The van der Waals surface area contributed by atoms with E-state index in [0.717, 1.165) is 37.7 Å². The van der Waals surface area contributed by atoms with E-state index in [1.807, 2.05) is 18.2 Å². The predicted molar refractivity (Wildman–Crippen MR) is 61.6 cm³/mol. The Hall–Kier alpha value is -1.26. The number of ether oxygens (including phenoxy) is 1. The van der Waals surface area contributed by atoms with Crippen LogP contribution in [-0.4, -0.2) is 31.3 Å². The van der Waals surface area contributed by atoms with Gasteiger partial charge in [0.1, 0.15) is 0 Å². The van der Waals surface area contributed by atoms with Gasteiger partial charge in [0.05, 0.1) is 18.9 Å². The van der Waals surface area contributed by atoms with E-state index in [1.165, 1.54) is 5.56 Å². The Labute approximate surface area is 90.0 Å². The number of nitrogens with one attached hydrogen (secondary N) is 1. The Kier molecular flexibility index (Phi) is 3.08. The highest BCUT2D eigenvalue weighted by molar-refractivity contribution is 5.56. The lowest BCUT2D eigenvalue weighted by Gasteiger charge is -2.28. The van der Waals surface area contributed by atoms with Crippen LogP contribution in [0.15, 0.2) is 18.2 Å². The summed E-state index contributed by atoms with van der Waals surface area (Å²) >= 11 is 0. The summed E-state index contributed by atoms with van der Waals surface area (Å²) < 4.78 is 5.29. The zero-order valence-electron chi connectivity index (χ0n) is 8.99. The number of benzene rings is 1. The van der Waals surface area contributed by atoms with Crippen LogP contribution in [-0.2, 0) is 4.74 Å². The highest BCUT2D eigenvalue weighted by Gasteiger charge is 2.10. The van der Waals surface area contributed by atoms with Crippen molar-refractivity contribution in [3.8, 4) is 0 Å². The molecule has 1 aromatic rings. The molecule has 0 saturated carbocycles. The molecule has 0 amide bonds. The molecule has 4 heteroatoms. The third-order valence-corrected chi connectivity index (χ3v) is 2.54. The second kappa shape index (κ2) is 4.51. The van der Waals surface area contributed by atoms with Gasteiger partial charge in [-0.25, -0.2) is 5.01 Å². The molecule has 15 heavy (non-hydrogen) atoms. The molecule has 1 aliphatic rings. The van der Waals surface area contributed by atoms with Crippen molar-refractivity contribution in [2.24, 2.45) is 0 Å². The Morgan fingerprint density at radius 2 is 2.07 bits per heavy atom. The fourth-order valence-electron chi connectivity index (χ4n) is 1.66. The number of anilines is 2. The van der Waals surface area contributed by atoms with Crippen molar-refractivity contribution in [1.29, 1.82) is 0 Å². The maximum atomic E-state index is 5.70. The average molecular weight is 207 g/mol. The third-order valence-electron chi connectivity index (χ3n) is 2.54. The molecule has 1 heterocycles. The van der Waals surface area contributed by atoms with Gasteiger partial charge in [-0.1, -0.05) is 0 Å². The topological polar surface area (TPSA) is 50.5 Å². The molecule has 1 saturated heterocycles. The third kappa shape index (κ3) is 2.61. The number of nitrogens with two attached hydrogens (primary N) is 1. The molecule has 1 aliphatic heterocycles. The van der Waals surface area contributed by atoms with E-state index in [1.54, 1.807) is 0 Å². The zero-order chi connectivity index (χ0) is 10.7. The number of hydrogen-bond acceptors (Lipinski definition) is 4. The number of nitrogens with zero attached hydrogens (tertiary/aromatic N) is 1. The minimum absolute atomic E-state index is 0.793. The van der Waals surface area contributed by atoms with E-state index in [4.69, 9.17) is 10.5 Å². The Morgan fingerprint density at radius 3 is 2.73 bits per heavy atom. The van der Waals surface area contributed by atoms with Crippen molar-refractivity contribution >= 4 is 11.4 Å². The largest absolute Gasteiger partial charge is 0.399 e. The first kappa shape index (κ1) is 10.3. The van der Waals surface area contributed by atoms with Crippen LogP contribution in [0.4, 0.5) is 11.4 Å². The summed E-state index contributed by atoms with van der Waals surface area (Å²) in [6.07, 6.45) is 0. The van der Waals surface area contributed by atoms with Crippen LogP contribution in [0.2, 0.25) is 0 Å². The summed E-state index contributed by atoms with van der Waals surface area (Å²) in [5.41, 5.74) is 12.2. The smallest absolute Gasteiger partial charge is 0.0612 e. The number of rotatable bonds is 2. The van der Waals surface area contributed by atoms with Gasteiger partial charge >= 0.3 is 0 Å². The van der Waals surface area contributed by atoms with Gasteiger partial charge in [-0.3, -0.25) is 0 Å². The number of hydrogen-bond donors (Lipinski definition) is 2. The quantitative estimate of drug-likeness (QED) is 0.716. The summed E-state index contributed by atoms with van der Waals surface area (Å²) in [7, 11) is 0. The van der Waals surface area contributed by atoms with Crippen LogP contribution in [0.25, 0.3) is 0 Å². The van der Waals surface area contributed by atoms with Crippen LogP contribution < -0.4 is 11.2 Å². The molecular weight excluding hydrogens is 190 g/mol. The van der Waals surface area contributed by atoms with E-state index in [-0.39, 0.29) is 0 Å². The maximum absolute atomic E-state index is 5.70. The van der Waals surface area contributed by atoms with Crippen LogP contribution in [0.1, 0.15) is 5.56 Å².